The predicted molar refractivity (Wildman–Crippen MR) is 141 cm³/mol. The molecule has 182 valence electrons. The fraction of sp³-hybridized carbons (Fsp3) is 0.259. The Balaban J connectivity index is 1.43. The van der Waals surface area contributed by atoms with Crippen molar-refractivity contribution < 1.29 is 13.2 Å². The second-order valence-electron chi connectivity index (χ2n) is 8.71. The molecule has 0 aromatic heterocycles. The number of hydrogen-bond acceptors (Lipinski definition) is 4. The van der Waals surface area contributed by atoms with Gasteiger partial charge in [-0.1, -0.05) is 73.3 Å². The highest BCUT2D eigenvalue weighted by molar-refractivity contribution is 7.92. The van der Waals surface area contributed by atoms with Crippen molar-refractivity contribution in [1.82, 2.24) is 5.43 Å². The van der Waals surface area contributed by atoms with Crippen LogP contribution in [0, 0.1) is 0 Å². The molecule has 0 bridgehead atoms. The molecule has 3 aromatic rings. The number of hydrogen-bond donors (Lipinski definition) is 2. The van der Waals surface area contributed by atoms with Crippen LogP contribution in [0.2, 0.25) is 5.02 Å². The number of sulfonamides is 1. The van der Waals surface area contributed by atoms with Crippen molar-refractivity contribution in [2.75, 3.05) is 4.72 Å². The van der Waals surface area contributed by atoms with Gasteiger partial charge >= 0.3 is 0 Å². The van der Waals surface area contributed by atoms with Crippen LogP contribution in [0.1, 0.15) is 66.4 Å². The first-order valence-corrected chi connectivity index (χ1v) is 13.5. The molecule has 1 amide bonds. The van der Waals surface area contributed by atoms with Gasteiger partial charge in [-0.15, -0.1) is 0 Å². The third-order valence-electron chi connectivity index (χ3n) is 6.25. The number of carbonyl (C=O) groups is 1. The van der Waals surface area contributed by atoms with E-state index >= 15 is 0 Å². The number of hydrazone groups is 1. The summed E-state index contributed by atoms with van der Waals surface area (Å²) in [6.45, 7) is 1.82. The highest BCUT2D eigenvalue weighted by atomic mass is 35.5. The molecule has 35 heavy (non-hydrogen) atoms. The lowest BCUT2D eigenvalue weighted by atomic mass is 9.84. The van der Waals surface area contributed by atoms with E-state index in [1.165, 1.54) is 61.9 Å². The van der Waals surface area contributed by atoms with Crippen LogP contribution < -0.4 is 10.1 Å². The first-order valence-electron chi connectivity index (χ1n) is 11.7. The van der Waals surface area contributed by atoms with Gasteiger partial charge in [0.15, 0.2) is 0 Å². The maximum absolute atomic E-state index is 12.8. The molecule has 0 radical (unpaired) electrons. The van der Waals surface area contributed by atoms with E-state index in [0.29, 0.717) is 11.6 Å². The predicted octanol–water partition coefficient (Wildman–Crippen LogP) is 6.34. The van der Waals surface area contributed by atoms with Crippen LogP contribution >= 0.6 is 11.6 Å². The summed E-state index contributed by atoms with van der Waals surface area (Å²) in [5.74, 6) is 0.128. The highest BCUT2D eigenvalue weighted by Gasteiger charge is 2.18. The molecule has 1 aliphatic carbocycles. The van der Waals surface area contributed by atoms with Crippen molar-refractivity contribution in [1.29, 1.82) is 0 Å². The van der Waals surface area contributed by atoms with E-state index in [1.54, 1.807) is 24.3 Å². The quantitative estimate of drug-likeness (QED) is 0.287. The zero-order valence-corrected chi connectivity index (χ0v) is 21.1. The van der Waals surface area contributed by atoms with Crippen LogP contribution in [-0.2, 0) is 10.0 Å². The summed E-state index contributed by atoms with van der Waals surface area (Å²) in [6, 6.07) is 20.7. The molecule has 0 heterocycles. The Bertz CT molecular complexity index is 1330. The lowest BCUT2D eigenvalue weighted by molar-refractivity contribution is 0.0954. The summed E-state index contributed by atoms with van der Waals surface area (Å²) in [4.78, 5) is 12.6. The number of rotatable bonds is 7. The molecule has 4 rings (SSSR count). The first-order chi connectivity index (χ1) is 16.8. The minimum absolute atomic E-state index is 0.0518. The molecule has 6 nitrogen and oxygen atoms in total. The summed E-state index contributed by atoms with van der Waals surface area (Å²) in [7, 11) is -3.93. The zero-order chi connectivity index (χ0) is 24.8. The third-order valence-corrected chi connectivity index (χ3v) is 7.95. The number of para-hydroxylation sites is 1. The summed E-state index contributed by atoms with van der Waals surface area (Å²) in [5.41, 5.74) is 5.91. The van der Waals surface area contributed by atoms with Gasteiger partial charge in [-0.05, 0) is 67.1 Å². The summed E-state index contributed by atoms with van der Waals surface area (Å²) in [6.07, 6.45) is 6.39. The van der Waals surface area contributed by atoms with Crippen LogP contribution in [0.4, 0.5) is 5.69 Å². The lowest BCUT2D eigenvalue weighted by Gasteiger charge is -2.22. The number of carbonyl (C=O) groups excluding carboxylic acids is 1. The van der Waals surface area contributed by atoms with E-state index in [-0.39, 0.29) is 21.2 Å². The Hall–Kier alpha value is -3.16. The third kappa shape index (κ3) is 6.29. The van der Waals surface area contributed by atoms with Crippen molar-refractivity contribution in [3.8, 4) is 0 Å². The van der Waals surface area contributed by atoms with Crippen molar-refractivity contribution in [3.05, 3.63) is 94.5 Å². The van der Waals surface area contributed by atoms with Crippen molar-refractivity contribution in [3.63, 3.8) is 0 Å². The minimum atomic E-state index is -3.93. The molecule has 0 saturated heterocycles. The molecular formula is C27H28ClN3O3S. The van der Waals surface area contributed by atoms with Gasteiger partial charge in [-0.3, -0.25) is 9.52 Å². The fourth-order valence-corrected chi connectivity index (χ4v) is 5.61. The lowest BCUT2D eigenvalue weighted by Crippen LogP contribution is -2.20. The van der Waals surface area contributed by atoms with E-state index in [2.05, 4.69) is 27.4 Å². The second-order valence-corrected chi connectivity index (χ2v) is 10.8. The van der Waals surface area contributed by atoms with Crippen LogP contribution in [0.5, 0.6) is 0 Å². The minimum Gasteiger partial charge on any atom is -0.278 e. The van der Waals surface area contributed by atoms with E-state index < -0.39 is 15.9 Å². The van der Waals surface area contributed by atoms with E-state index in [4.69, 9.17) is 11.6 Å². The highest BCUT2D eigenvalue weighted by Crippen LogP contribution is 2.32. The topological polar surface area (TPSA) is 87.6 Å². The average molecular weight is 510 g/mol. The molecule has 0 aliphatic heterocycles. The summed E-state index contributed by atoms with van der Waals surface area (Å²) < 4.78 is 28.0. The maximum Gasteiger partial charge on any atom is 0.271 e. The average Bonchev–Trinajstić information content (AvgIpc) is 2.89. The molecule has 0 spiro atoms. The molecular weight excluding hydrogens is 482 g/mol. The fourth-order valence-electron chi connectivity index (χ4n) is 4.25. The molecule has 0 unspecified atom stereocenters. The normalized spacial score (nSPS) is 15.0. The van der Waals surface area contributed by atoms with Crippen LogP contribution in [-0.4, -0.2) is 20.0 Å². The van der Waals surface area contributed by atoms with Crippen molar-refractivity contribution in [2.45, 2.75) is 49.8 Å². The number of amides is 1. The molecule has 3 aromatic carbocycles. The van der Waals surface area contributed by atoms with Crippen molar-refractivity contribution >= 4 is 38.9 Å². The number of benzene rings is 3. The van der Waals surface area contributed by atoms with Crippen LogP contribution in [0.15, 0.2) is 82.8 Å². The van der Waals surface area contributed by atoms with E-state index in [1.807, 2.05) is 19.1 Å². The first kappa shape index (κ1) is 24.9. The van der Waals surface area contributed by atoms with Gasteiger partial charge in [0.25, 0.3) is 15.9 Å². The Labute approximate surface area is 211 Å². The molecule has 8 heteroatoms. The van der Waals surface area contributed by atoms with E-state index in [9.17, 15) is 13.2 Å². The van der Waals surface area contributed by atoms with Gasteiger partial charge < -0.3 is 0 Å². The van der Waals surface area contributed by atoms with Crippen LogP contribution in [0.25, 0.3) is 0 Å². The van der Waals surface area contributed by atoms with Gasteiger partial charge in [0.2, 0.25) is 0 Å². The monoisotopic (exact) mass is 509 g/mol. The van der Waals surface area contributed by atoms with Gasteiger partial charge in [0, 0.05) is 5.56 Å². The standard InChI is InChI=1S/C27H28ClN3O3S/c1-19(20-14-16-22(17-15-20)21-8-3-2-4-9-21)29-30-27(32)23-10-7-11-24(18-23)35(33,34)31-26-13-6-5-12-25(26)28/h5-7,10-18,21,31H,2-4,8-9H2,1H3,(H,30,32)/b29-19-. The summed E-state index contributed by atoms with van der Waals surface area (Å²) in [5, 5.41) is 4.50. The molecule has 1 fully saturated rings. The Morgan fingerprint density at radius 1 is 0.914 bits per heavy atom. The van der Waals surface area contributed by atoms with E-state index in [0.717, 1.165) is 5.56 Å². The maximum atomic E-state index is 12.8. The number of anilines is 1. The Kier molecular flexibility index (Phi) is 7.88. The number of halogens is 1. The molecule has 1 saturated carbocycles. The number of nitrogens with zero attached hydrogens (tertiary/aromatic N) is 1. The molecule has 2 N–H and O–H groups in total. The SMILES string of the molecule is C/C(=N/NC(=O)c1cccc(S(=O)(=O)Nc2ccccc2Cl)c1)c1ccc(C2CCCCC2)cc1. The van der Waals surface area contributed by atoms with Crippen LogP contribution in [0.3, 0.4) is 0 Å². The zero-order valence-electron chi connectivity index (χ0n) is 19.5. The van der Waals surface area contributed by atoms with Gasteiger partial charge in [-0.25, -0.2) is 13.8 Å². The largest absolute Gasteiger partial charge is 0.278 e. The van der Waals surface area contributed by atoms with Gasteiger partial charge in [0.1, 0.15) is 0 Å². The summed E-state index contributed by atoms with van der Waals surface area (Å²) >= 11 is 6.06. The van der Waals surface area contributed by atoms with Crippen molar-refractivity contribution in [2.24, 2.45) is 5.10 Å². The van der Waals surface area contributed by atoms with Gasteiger partial charge in [-0.2, -0.15) is 5.10 Å². The van der Waals surface area contributed by atoms with Gasteiger partial charge in [0.05, 0.1) is 21.3 Å². The number of nitrogens with one attached hydrogen (secondary N) is 2. The Morgan fingerprint density at radius 2 is 1.63 bits per heavy atom. The second kappa shape index (κ2) is 11.1. The smallest absolute Gasteiger partial charge is 0.271 e. The molecule has 0 atom stereocenters. The Morgan fingerprint density at radius 3 is 2.34 bits per heavy atom. The molecule has 1 aliphatic rings.